The minimum atomic E-state index is -0.156. The first kappa shape index (κ1) is 10.7. The second kappa shape index (κ2) is 6.40. The maximum absolute atomic E-state index is 10.7. The molecule has 0 aromatic heterocycles. The van der Waals surface area contributed by atoms with E-state index in [1.54, 1.807) is 0 Å². The Kier molecular flexibility index (Phi) is 6.22. The largest absolute Gasteiger partial charge is 0.469 e. The number of carbonyl (C=O) groups excluding carboxylic acids is 1. The molecule has 0 unspecified atom stereocenters. The Morgan fingerprint density at radius 3 is 2.82 bits per heavy atom. The molecule has 0 aliphatic rings. The Bertz CT molecular complexity index is 143. The number of alkyl halides is 1. The summed E-state index contributed by atoms with van der Waals surface area (Å²) < 4.78 is 4.52. The van der Waals surface area contributed by atoms with Gasteiger partial charge in [-0.3, -0.25) is 4.79 Å². The SMILES string of the molecule is COC(=O)C[C@@H](C)/C=C/CBr. The highest BCUT2D eigenvalue weighted by Gasteiger charge is 2.04. The van der Waals surface area contributed by atoms with Gasteiger partial charge >= 0.3 is 5.97 Å². The van der Waals surface area contributed by atoms with Crippen LogP contribution in [0.2, 0.25) is 0 Å². The molecule has 64 valence electrons. The topological polar surface area (TPSA) is 26.3 Å². The molecule has 0 heterocycles. The van der Waals surface area contributed by atoms with Gasteiger partial charge in [-0.25, -0.2) is 0 Å². The van der Waals surface area contributed by atoms with Crippen molar-refractivity contribution in [3.05, 3.63) is 12.2 Å². The highest BCUT2D eigenvalue weighted by molar-refractivity contribution is 9.09. The van der Waals surface area contributed by atoms with Crippen LogP contribution in [0, 0.1) is 5.92 Å². The van der Waals surface area contributed by atoms with E-state index in [-0.39, 0.29) is 11.9 Å². The fraction of sp³-hybridized carbons (Fsp3) is 0.625. The van der Waals surface area contributed by atoms with Crippen molar-refractivity contribution in [1.29, 1.82) is 0 Å². The molecule has 0 aliphatic heterocycles. The Balaban J connectivity index is 3.59. The molecular weight excluding hydrogens is 208 g/mol. The van der Waals surface area contributed by atoms with E-state index < -0.39 is 0 Å². The van der Waals surface area contributed by atoms with Crippen LogP contribution in [0.25, 0.3) is 0 Å². The zero-order valence-corrected chi connectivity index (χ0v) is 8.43. The fourth-order valence-electron chi connectivity index (χ4n) is 0.698. The van der Waals surface area contributed by atoms with Crippen LogP contribution in [0.15, 0.2) is 12.2 Å². The summed E-state index contributed by atoms with van der Waals surface area (Å²) in [6.07, 6.45) is 4.43. The van der Waals surface area contributed by atoms with Gasteiger partial charge in [0, 0.05) is 5.33 Å². The zero-order chi connectivity index (χ0) is 8.69. The molecule has 0 spiro atoms. The second-order valence-electron chi connectivity index (χ2n) is 2.34. The molecule has 0 amide bonds. The number of methoxy groups -OCH3 is 1. The summed E-state index contributed by atoms with van der Waals surface area (Å²) in [5, 5.41) is 0.832. The first-order chi connectivity index (χ1) is 5.20. The Labute approximate surface area is 75.7 Å². The molecule has 0 aliphatic carbocycles. The predicted octanol–water partition coefficient (Wildman–Crippen LogP) is 2.14. The maximum Gasteiger partial charge on any atom is 0.306 e. The molecule has 0 saturated heterocycles. The summed E-state index contributed by atoms with van der Waals surface area (Å²) in [6, 6.07) is 0. The molecule has 1 atom stereocenters. The van der Waals surface area contributed by atoms with Crippen LogP contribution in [-0.2, 0) is 9.53 Å². The number of hydrogen-bond acceptors (Lipinski definition) is 2. The number of rotatable bonds is 4. The van der Waals surface area contributed by atoms with E-state index in [9.17, 15) is 4.79 Å². The quantitative estimate of drug-likeness (QED) is 0.413. The van der Waals surface area contributed by atoms with Gasteiger partial charge in [-0.1, -0.05) is 35.0 Å². The molecule has 0 aromatic carbocycles. The maximum atomic E-state index is 10.7. The van der Waals surface area contributed by atoms with Crippen molar-refractivity contribution in [1.82, 2.24) is 0 Å². The van der Waals surface area contributed by atoms with E-state index in [2.05, 4.69) is 20.7 Å². The van der Waals surface area contributed by atoms with Crippen molar-refractivity contribution in [3.63, 3.8) is 0 Å². The van der Waals surface area contributed by atoms with Crippen LogP contribution in [0.5, 0.6) is 0 Å². The minimum Gasteiger partial charge on any atom is -0.469 e. The van der Waals surface area contributed by atoms with Crippen LogP contribution in [0.4, 0.5) is 0 Å². The van der Waals surface area contributed by atoms with Gasteiger partial charge in [0.1, 0.15) is 0 Å². The molecule has 0 radical (unpaired) electrons. The molecule has 0 N–H and O–H groups in total. The first-order valence-electron chi connectivity index (χ1n) is 3.50. The van der Waals surface area contributed by atoms with Crippen molar-refractivity contribution in [2.75, 3.05) is 12.4 Å². The number of halogens is 1. The minimum absolute atomic E-state index is 0.156. The smallest absolute Gasteiger partial charge is 0.306 e. The lowest BCUT2D eigenvalue weighted by atomic mass is 10.1. The van der Waals surface area contributed by atoms with E-state index in [0.717, 1.165) is 5.33 Å². The van der Waals surface area contributed by atoms with E-state index in [1.807, 2.05) is 19.1 Å². The monoisotopic (exact) mass is 220 g/mol. The van der Waals surface area contributed by atoms with Crippen LogP contribution in [-0.4, -0.2) is 18.4 Å². The van der Waals surface area contributed by atoms with Crippen molar-refractivity contribution in [2.24, 2.45) is 5.92 Å². The molecule has 0 aromatic rings. The third kappa shape index (κ3) is 6.10. The molecule has 3 heteroatoms. The van der Waals surface area contributed by atoms with Crippen LogP contribution >= 0.6 is 15.9 Å². The average molecular weight is 221 g/mol. The number of carbonyl (C=O) groups is 1. The number of ether oxygens (including phenoxy) is 1. The standard InChI is InChI=1S/C8H13BrO2/c1-7(4-3-5-9)6-8(10)11-2/h3-4,7H,5-6H2,1-2H3/b4-3+/t7-/m0/s1. The van der Waals surface area contributed by atoms with Crippen LogP contribution in [0.1, 0.15) is 13.3 Å². The predicted molar refractivity (Wildman–Crippen MR) is 48.7 cm³/mol. The van der Waals surface area contributed by atoms with Crippen LogP contribution < -0.4 is 0 Å². The Hall–Kier alpha value is -0.310. The Morgan fingerprint density at radius 1 is 1.73 bits per heavy atom. The summed E-state index contributed by atoms with van der Waals surface area (Å²) in [7, 11) is 1.41. The van der Waals surface area contributed by atoms with Gasteiger partial charge in [0.25, 0.3) is 0 Å². The molecule has 0 saturated carbocycles. The summed E-state index contributed by atoms with van der Waals surface area (Å²) in [5.74, 6) is 0.108. The number of esters is 1. The van der Waals surface area contributed by atoms with Gasteiger partial charge in [-0.15, -0.1) is 0 Å². The molecule has 2 nitrogen and oxygen atoms in total. The second-order valence-corrected chi connectivity index (χ2v) is 2.99. The lowest BCUT2D eigenvalue weighted by Gasteiger charge is -2.02. The first-order valence-corrected chi connectivity index (χ1v) is 4.62. The normalized spacial score (nSPS) is 13.4. The van der Waals surface area contributed by atoms with Gasteiger partial charge in [0.15, 0.2) is 0 Å². The Morgan fingerprint density at radius 2 is 2.36 bits per heavy atom. The third-order valence-corrected chi connectivity index (χ3v) is 1.64. The summed E-state index contributed by atoms with van der Waals surface area (Å²) in [5.41, 5.74) is 0. The van der Waals surface area contributed by atoms with Gasteiger partial charge in [-0.2, -0.15) is 0 Å². The van der Waals surface area contributed by atoms with Gasteiger partial charge in [0.2, 0.25) is 0 Å². The van der Waals surface area contributed by atoms with E-state index in [1.165, 1.54) is 7.11 Å². The van der Waals surface area contributed by atoms with E-state index in [0.29, 0.717) is 6.42 Å². The van der Waals surface area contributed by atoms with E-state index in [4.69, 9.17) is 0 Å². The lowest BCUT2D eigenvalue weighted by molar-refractivity contribution is -0.141. The summed E-state index contributed by atoms with van der Waals surface area (Å²) >= 11 is 3.26. The lowest BCUT2D eigenvalue weighted by Crippen LogP contribution is -2.04. The summed E-state index contributed by atoms with van der Waals surface area (Å²) in [4.78, 5) is 10.7. The van der Waals surface area contributed by atoms with Crippen molar-refractivity contribution >= 4 is 21.9 Å². The van der Waals surface area contributed by atoms with Crippen molar-refractivity contribution in [3.8, 4) is 0 Å². The third-order valence-electron chi connectivity index (χ3n) is 1.27. The molecular formula is C8H13BrO2. The highest BCUT2D eigenvalue weighted by atomic mass is 79.9. The van der Waals surface area contributed by atoms with E-state index >= 15 is 0 Å². The molecule has 0 rings (SSSR count). The summed E-state index contributed by atoms with van der Waals surface area (Å²) in [6.45, 7) is 1.98. The fourth-order valence-corrected chi connectivity index (χ4v) is 0.914. The molecule has 0 bridgehead atoms. The zero-order valence-electron chi connectivity index (χ0n) is 6.84. The van der Waals surface area contributed by atoms with Crippen molar-refractivity contribution < 1.29 is 9.53 Å². The van der Waals surface area contributed by atoms with Crippen molar-refractivity contribution in [2.45, 2.75) is 13.3 Å². The molecule has 11 heavy (non-hydrogen) atoms. The average Bonchev–Trinajstić information content (AvgIpc) is 2.00. The highest BCUT2D eigenvalue weighted by Crippen LogP contribution is 2.04. The van der Waals surface area contributed by atoms with Crippen LogP contribution in [0.3, 0.4) is 0 Å². The molecule has 0 fully saturated rings. The van der Waals surface area contributed by atoms with Gasteiger partial charge < -0.3 is 4.74 Å². The van der Waals surface area contributed by atoms with Gasteiger partial charge in [-0.05, 0) is 5.92 Å². The van der Waals surface area contributed by atoms with Gasteiger partial charge in [0.05, 0.1) is 13.5 Å². The number of allylic oxidation sites excluding steroid dienone is 2. The number of hydrogen-bond donors (Lipinski definition) is 0.